The number of Topliss-reactive ketones (excluding diaryl/α,β-unsaturated/α-hetero) is 1. The number of halogens is 2. The third-order valence-electron chi connectivity index (χ3n) is 14.0. The summed E-state index contributed by atoms with van der Waals surface area (Å²) < 4.78 is 34.0. The number of aromatic nitrogens is 10. The average Bonchev–Trinajstić information content (AvgIpc) is 4.15. The van der Waals surface area contributed by atoms with Gasteiger partial charge in [0.25, 0.3) is 0 Å². The smallest absolute Gasteiger partial charge is 0.226 e. The van der Waals surface area contributed by atoms with Crippen LogP contribution in [0.5, 0.6) is 11.5 Å². The number of benzene rings is 2. The molecule has 4 aromatic heterocycles. The normalized spacial score (nSPS) is 22.4. The minimum Gasteiger partial charge on any atom is -0.504 e. The monoisotopic (exact) mass is 872 g/mol. The second kappa shape index (κ2) is 16.0. The number of nitrogens with zero attached hydrogens (tertiary/aromatic N) is 14. The highest BCUT2D eigenvalue weighted by Crippen LogP contribution is 2.49. The number of hydrogen-bond donors (Lipinski definition) is 2. The van der Waals surface area contributed by atoms with Crippen molar-refractivity contribution in [1.29, 1.82) is 0 Å². The number of aromatic hydroxyl groups is 2. The predicted octanol–water partition coefficient (Wildman–Crippen LogP) is 4.91. The van der Waals surface area contributed by atoms with Gasteiger partial charge in [-0.15, -0.1) is 0 Å². The summed E-state index contributed by atoms with van der Waals surface area (Å²) >= 11 is 0. The van der Waals surface area contributed by atoms with Crippen LogP contribution < -0.4 is 9.80 Å². The number of ketones is 1. The highest BCUT2D eigenvalue weighted by Gasteiger charge is 2.53. The fourth-order valence-electron chi connectivity index (χ4n) is 10.7. The van der Waals surface area contributed by atoms with Crippen LogP contribution in [0.1, 0.15) is 71.7 Å². The van der Waals surface area contributed by atoms with Crippen LogP contribution in [0.4, 0.5) is 20.7 Å². The molecule has 6 aromatic rings. The first-order chi connectivity index (χ1) is 30.8. The van der Waals surface area contributed by atoms with E-state index in [0.717, 1.165) is 12.8 Å². The SMILES string of the molecule is Cc1nc(N2CCC3(CCN(C(C(=O)C(c4c(F)cccc4-n4nccn4)N4CCC5(CCN(c6nc(C)c(O)c(C)n6)C5)C4)c4c(F)cccc4-n4nccn4)C3)C2)nc(C)c1O. The first kappa shape index (κ1) is 41.5. The van der Waals surface area contributed by atoms with Gasteiger partial charge in [0, 0.05) is 61.2 Å². The first-order valence-electron chi connectivity index (χ1n) is 21.7. The van der Waals surface area contributed by atoms with E-state index in [1.54, 1.807) is 52.0 Å². The number of anilines is 2. The summed E-state index contributed by atoms with van der Waals surface area (Å²) in [6.45, 7) is 11.3. The van der Waals surface area contributed by atoms with E-state index in [9.17, 15) is 10.2 Å². The topological polar surface area (TPSA) is 183 Å². The molecule has 2 spiro atoms. The molecule has 2 aromatic carbocycles. The number of hydrogen-bond acceptors (Lipinski definition) is 15. The molecular weight excluding hydrogens is 823 g/mol. The van der Waals surface area contributed by atoms with E-state index in [0.29, 0.717) is 111 Å². The number of rotatable bonds is 10. The second-order valence-corrected chi connectivity index (χ2v) is 18.1. The molecule has 8 heterocycles. The zero-order valence-electron chi connectivity index (χ0n) is 36.2. The standard InChI is InChI=1S/C45H50F2N14O3/c1-27-39(62)28(2)53-42(52-27)58-21-13-44(25-58)11-19-56(23-44)37(35-31(46)7-5-9-33(35)60-48-15-16-49-60)41(64)38(36-32(47)8-6-10-34(36)61-50-17-18-51-61)57-20-12-45(24-57)14-22-59(26-45)43-54-29(3)40(63)30(4)55-43/h5-10,15-18,37-38,62-63H,11-14,19-26H2,1-4H3. The Kier molecular flexibility index (Phi) is 10.4. The summed E-state index contributed by atoms with van der Waals surface area (Å²) in [5, 5.41) is 38.4. The average molecular weight is 873 g/mol. The van der Waals surface area contributed by atoms with Crippen LogP contribution in [0.15, 0.2) is 61.2 Å². The van der Waals surface area contributed by atoms with Gasteiger partial charge in [-0.2, -0.15) is 30.0 Å². The summed E-state index contributed by atoms with van der Waals surface area (Å²) in [4.78, 5) is 45.8. The Labute approximate surface area is 368 Å². The second-order valence-electron chi connectivity index (χ2n) is 18.1. The van der Waals surface area contributed by atoms with Gasteiger partial charge < -0.3 is 20.0 Å². The van der Waals surface area contributed by atoms with Gasteiger partial charge in [-0.3, -0.25) is 14.6 Å². The number of likely N-dealkylation sites (tertiary alicyclic amines) is 2. The molecular formula is C45H50F2N14O3. The molecule has 4 fully saturated rings. The Balaban J connectivity index is 1.06. The Morgan fingerprint density at radius 2 is 0.922 bits per heavy atom. The van der Waals surface area contributed by atoms with Gasteiger partial charge in [0.1, 0.15) is 23.7 Å². The van der Waals surface area contributed by atoms with Gasteiger partial charge in [0.05, 0.1) is 58.9 Å². The fraction of sp³-hybridized carbons (Fsp3) is 0.444. The summed E-state index contributed by atoms with van der Waals surface area (Å²) in [7, 11) is 0. The predicted molar refractivity (Wildman–Crippen MR) is 230 cm³/mol. The van der Waals surface area contributed by atoms with Crippen molar-refractivity contribution in [2.45, 2.75) is 65.5 Å². The van der Waals surface area contributed by atoms with E-state index in [-0.39, 0.29) is 33.5 Å². The summed E-state index contributed by atoms with van der Waals surface area (Å²) in [6.07, 6.45) is 8.99. The van der Waals surface area contributed by atoms with Crippen LogP contribution >= 0.6 is 0 Å². The lowest BCUT2D eigenvalue weighted by molar-refractivity contribution is -0.130. The van der Waals surface area contributed by atoms with Gasteiger partial charge in [-0.05, 0) is 90.7 Å². The molecule has 4 saturated heterocycles. The maximum atomic E-state index is 17.0. The quantitative estimate of drug-likeness (QED) is 0.189. The van der Waals surface area contributed by atoms with E-state index in [4.69, 9.17) is 0 Å². The van der Waals surface area contributed by atoms with Crippen molar-refractivity contribution in [3.63, 3.8) is 0 Å². The fourth-order valence-corrected chi connectivity index (χ4v) is 10.7. The molecule has 332 valence electrons. The van der Waals surface area contributed by atoms with Crippen molar-refractivity contribution in [2.75, 3.05) is 62.2 Å². The van der Waals surface area contributed by atoms with Crippen LogP contribution in [0.25, 0.3) is 11.4 Å². The molecule has 4 unspecified atom stereocenters. The molecule has 4 atom stereocenters. The van der Waals surface area contributed by atoms with Crippen molar-refractivity contribution < 1.29 is 23.8 Å². The van der Waals surface area contributed by atoms with Crippen molar-refractivity contribution in [1.82, 2.24) is 59.7 Å². The third kappa shape index (κ3) is 7.19. The van der Waals surface area contributed by atoms with Crippen LogP contribution in [-0.2, 0) is 4.79 Å². The lowest BCUT2D eigenvalue weighted by Crippen LogP contribution is -2.44. The minimum absolute atomic E-state index is 0.0695. The van der Waals surface area contributed by atoms with Crippen molar-refractivity contribution in [3.8, 4) is 22.9 Å². The van der Waals surface area contributed by atoms with E-state index in [1.165, 1.54) is 46.5 Å². The number of carbonyl (C=O) groups excluding carboxylic acids is 1. The largest absolute Gasteiger partial charge is 0.504 e. The zero-order chi connectivity index (χ0) is 44.5. The lowest BCUT2D eigenvalue weighted by Gasteiger charge is -2.37. The van der Waals surface area contributed by atoms with Crippen molar-refractivity contribution in [2.24, 2.45) is 10.8 Å². The minimum atomic E-state index is -1.19. The molecule has 19 heteroatoms. The van der Waals surface area contributed by atoms with Crippen molar-refractivity contribution in [3.05, 3.63) is 107 Å². The lowest BCUT2D eigenvalue weighted by atomic mass is 9.85. The molecule has 10 rings (SSSR count). The van der Waals surface area contributed by atoms with E-state index in [1.807, 2.05) is 0 Å². The first-order valence-corrected chi connectivity index (χ1v) is 21.7. The Morgan fingerprint density at radius 1 is 0.562 bits per heavy atom. The van der Waals surface area contributed by atoms with Gasteiger partial charge in [0.15, 0.2) is 17.3 Å². The maximum absolute atomic E-state index is 17.0. The van der Waals surface area contributed by atoms with Crippen LogP contribution in [0.2, 0.25) is 0 Å². The van der Waals surface area contributed by atoms with E-state index in [2.05, 4.69) is 59.9 Å². The molecule has 0 saturated carbocycles. The maximum Gasteiger partial charge on any atom is 0.226 e. The highest BCUT2D eigenvalue weighted by molar-refractivity contribution is 5.93. The van der Waals surface area contributed by atoms with Gasteiger partial charge >= 0.3 is 0 Å². The molecule has 17 nitrogen and oxygen atoms in total. The third-order valence-corrected chi connectivity index (χ3v) is 14.0. The Bertz CT molecular complexity index is 2510. The van der Waals surface area contributed by atoms with Crippen molar-refractivity contribution >= 4 is 17.7 Å². The molecule has 0 aliphatic carbocycles. The Morgan fingerprint density at radius 3 is 1.30 bits per heavy atom. The van der Waals surface area contributed by atoms with Gasteiger partial charge in [-0.1, -0.05) is 12.1 Å². The molecule has 0 bridgehead atoms. The molecule has 0 radical (unpaired) electrons. The van der Waals surface area contributed by atoms with E-state index >= 15 is 13.6 Å². The number of aryl methyl sites for hydroxylation is 4. The molecule has 64 heavy (non-hydrogen) atoms. The highest BCUT2D eigenvalue weighted by atomic mass is 19.1. The van der Waals surface area contributed by atoms with E-state index < -0.39 is 29.5 Å². The zero-order valence-corrected chi connectivity index (χ0v) is 36.2. The summed E-state index contributed by atoms with van der Waals surface area (Å²) in [5.74, 6) is -0.387. The molecule has 4 aliphatic rings. The molecule has 0 amide bonds. The summed E-state index contributed by atoms with van der Waals surface area (Å²) in [5.41, 5.74) is 2.24. The Hall–Kier alpha value is -6.47. The summed E-state index contributed by atoms with van der Waals surface area (Å²) in [6, 6.07) is 6.88. The van der Waals surface area contributed by atoms with Gasteiger partial charge in [-0.25, -0.2) is 28.7 Å². The van der Waals surface area contributed by atoms with Crippen LogP contribution in [0.3, 0.4) is 0 Å². The molecule has 2 N–H and O–H groups in total. The van der Waals surface area contributed by atoms with Crippen LogP contribution in [0, 0.1) is 50.2 Å². The van der Waals surface area contributed by atoms with Gasteiger partial charge in [0.2, 0.25) is 11.9 Å². The van der Waals surface area contributed by atoms with Crippen LogP contribution in [-0.4, -0.2) is 128 Å². The number of carbonyl (C=O) groups is 1. The molecule has 4 aliphatic heterocycles.